The molecule has 0 bridgehead atoms. The summed E-state index contributed by atoms with van der Waals surface area (Å²) >= 11 is 10.8. The summed E-state index contributed by atoms with van der Waals surface area (Å²) < 4.78 is 0. The molecule has 0 aromatic rings. The molecule has 0 aromatic heterocycles. The summed E-state index contributed by atoms with van der Waals surface area (Å²) in [6.45, 7) is 1.79. The van der Waals surface area contributed by atoms with Crippen molar-refractivity contribution in [2.24, 2.45) is 0 Å². The number of aliphatic hydroxyl groups excluding tert-OH is 1. The minimum Gasteiger partial charge on any atom is -0.480 e. The van der Waals surface area contributed by atoms with Crippen LogP contribution in [0.5, 0.6) is 0 Å². The Bertz CT molecular complexity index is 118. The van der Waals surface area contributed by atoms with Gasteiger partial charge in [-0.15, -0.1) is 11.6 Å². The second-order valence-corrected chi connectivity index (χ2v) is 2.48. The highest BCUT2D eigenvalue weighted by molar-refractivity contribution is 6.37. The third kappa shape index (κ3) is 2.82. The summed E-state index contributed by atoms with van der Waals surface area (Å²) in [4.78, 5) is 0. The van der Waals surface area contributed by atoms with Gasteiger partial charge >= 0.3 is 0 Å². The van der Waals surface area contributed by atoms with Crippen LogP contribution in [-0.2, 0) is 0 Å². The highest BCUT2D eigenvalue weighted by atomic mass is 35.5. The van der Waals surface area contributed by atoms with E-state index in [4.69, 9.17) is 33.4 Å². The van der Waals surface area contributed by atoms with Gasteiger partial charge in [0.1, 0.15) is 5.03 Å². The topological polar surface area (TPSA) is 40.5 Å². The summed E-state index contributed by atoms with van der Waals surface area (Å²) in [5.74, 6) is -0.890. The molecule has 54 valence electrons. The van der Waals surface area contributed by atoms with E-state index in [-0.39, 0.29) is 5.03 Å². The predicted octanol–water partition coefficient (Wildman–Crippen LogP) is 2.53. The normalized spacial score (nSPS) is 12.8. The molecule has 4 heteroatoms. The number of hydrogen-bond donors (Lipinski definition) is 2. The number of hydrogen-bond acceptors (Lipinski definition) is 2. The number of rotatable bonds is 2. The van der Waals surface area contributed by atoms with E-state index in [1.54, 1.807) is 6.92 Å². The van der Waals surface area contributed by atoms with E-state index in [1.807, 2.05) is 0 Å². The zero-order chi connectivity index (χ0) is 7.44. The molecule has 1 atom stereocenters. The first-order chi connectivity index (χ1) is 4.09. The van der Waals surface area contributed by atoms with Gasteiger partial charge in [0.05, 0.1) is 5.38 Å². The van der Waals surface area contributed by atoms with Crippen LogP contribution in [0.1, 0.15) is 13.3 Å². The first-order valence-electron chi connectivity index (χ1n) is 2.51. The quantitative estimate of drug-likeness (QED) is 0.495. The van der Waals surface area contributed by atoms with Crippen LogP contribution in [0.15, 0.2) is 11.0 Å². The Labute approximate surface area is 63.7 Å². The average Bonchev–Trinajstić information content (AvgIpc) is 1.84. The van der Waals surface area contributed by atoms with Crippen LogP contribution < -0.4 is 0 Å². The maximum Gasteiger partial charge on any atom is 0.290 e. The molecule has 2 N–H and O–H groups in total. The van der Waals surface area contributed by atoms with Crippen molar-refractivity contribution in [2.75, 3.05) is 0 Å². The molecule has 0 saturated heterocycles. The lowest BCUT2D eigenvalue weighted by Gasteiger charge is -2.02. The van der Waals surface area contributed by atoms with Gasteiger partial charge in [0, 0.05) is 0 Å². The van der Waals surface area contributed by atoms with Crippen LogP contribution in [0, 0.1) is 0 Å². The molecule has 0 aliphatic rings. The molecule has 2 nitrogen and oxygen atoms in total. The van der Waals surface area contributed by atoms with Crippen LogP contribution in [-0.4, -0.2) is 15.6 Å². The van der Waals surface area contributed by atoms with Gasteiger partial charge in [-0.25, -0.2) is 0 Å². The maximum atomic E-state index is 8.34. The molecule has 0 radical (unpaired) electrons. The van der Waals surface area contributed by atoms with Crippen molar-refractivity contribution in [3.05, 3.63) is 11.0 Å². The summed E-state index contributed by atoms with van der Waals surface area (Å²) in [6.07, 6.45) is 0.574. The van der Waals surface area contributed by atoms with Crippen LogP contribution in [0.2, 0.25) is 0 Å². The Morgan fingerprint density at radius 1 is 1.56 bits per heavy atom. The number of alkyl halides is 1. The lowest BCUT2D eigenvalue weighted by molar-refractivity contribution is 0.187. The number of allylic oxidation sites excluding steroid dienone is 1. The maximum absolute atomic E-state index is 8.34. The molecular formula is C5H8Cl2O2. The van der Waals surface area contributed by atoms with Crippen LogP contribution in [0.3, 0.4) is 0 Å². The average molecular weight is 171 g/mol. The fraction of sp³-hybridized carbons (Fsp3) is 0.600. The largest absolute Gasteiger partial charge is 0.480 e. The molecule has 0 rings (SSSR count). The Hall–Kier alpha value is -0.0800. The van der Waals surface area contributed by atoms with Gasteiger partial charge in [0.2, 0.25) is 0 Å². The van der Waals surface area contributed by atoms with Gasteiger partial charge in [-0.1, -0.05) is 18.5 Å². The Kier molecular flexibility index (Phi) is 3.82. The Morgan fingerprint density at radius 3 is 2.11 bits per heavy atom. The van der Waals surface area contributed by atoms with Gasteiger partial charge in [-0.05, 0) is 6.42 Å². The number of aliphatic hydroxyl groups is 2. The van der Waals surface area contributed by atoms with Crippen molar-refractivity contribution in [1.29, 1.82) is 0 Å². The highest BCUT2D eigenvalue weighted by Gasteiger charge is 2.10. The molecule has 0 aliphatic heterocycles. The minimum absolute atomic E-state index is 0.0980. The van der Waals surface area contributed by atoms with Crippen molar-refractivity contribution in [3.63, 3.8) is 0 Å². The summed E-state index contributed by atoms with van der Waals surface area (Å²) in [5.41, 5.74) is 0. The lowest BCUT2D eigenvalue weighted by atomic mass is 10.3. The highest BCUT2D eigenvalue weighted by Crippen LogP contribution is 2.18. The molecule has 9 heavy (non-hydrogen) atoms. The van der Waals surface area contributed by atoms with E-state index in [0.717, 1.165) is 0 Å². The summed E-state index contributed by atoms with van der Waals surface area (Å²) in [6, 6.07) is 0. The van der Waals surface area contributed by atoms with Crippen LogP contribution in [0.25, 0.3) is 0 Å². The van der Waals surface area contributed by atoms with Gasteiger partial charge in [-0.2, -0.15) is 0 Å². The van der Waals surface area contributed by atoms with Gasteiger partial charge < -0.3 is 10.2 Å². The van der Waals surface area contributed by atoms with Crippen molar-refractivity contribution in [2.45, 2.75) is 18.7 Å². The fourth-order valence-electron chi connectivity index (χ4n) is 0.319. The zero-order valence-electron chi connectivity index (χ0n) is 4.93. The molecule has 0 saturated carbocycles. The molecule has 1 unspecified atom stereocenters. The third-order valence-electron chi connectivity index (χ3n) is 0.847. The Balaban J connectivity index is 4.02. The first kappa shape index (κ1) is 8.92. The van der Waals surface area contributed by atoms with Gasteiger partial charge in [-0.3, -0.25) is 0 Å². The molecule has 0 fully saturated rings. The molecule has 0 aromatic carbocycles. The van der Waals surface area contributed by atoms with E-state index in [1.165, 1.54) is 0 Å². The van der Waals surface area contributed by atoms with E-state index in [0.29, 0.717) is 6.42 Å². The minimum atomic E-state index is -0.890. The molecule has 0 heterocycles. The standard InChI is InChI=1S/C5H8Cl2O2/c1-2-3(6)4(7)5(8)9/h3,8-9H,2H2,1H3. The summed E-state index contributed by atoms with van der Waals surface area (Å²) in [7, 11) is 0. The third-order valence-corrected chi connectivity index (χ3v) is 1.92. The number of halogens is 2. The van der Waals surface area contributed by atoms with Crippen molar-refractivity contribution in [3.8, 4) is 0 Å². The van der Waals surface area contributed by atoms with Crippen LogP contribution in [0.4, 0.5) is 0 Å². The second-order valence-electron chi connectivity index (χ2n) is 1.55. The summed E-state index contributed by atoms with van der Waals surface area (Å²) in [5, 5.41) is 16.1. The first-order valence-corrected chi connectivity index (χ1v) is 3.32. The second kappa shape index (κ2) is 3.85. The van der Waals surface area contributed by atoms with E-state index >= 15 is 0 Å². The fourth-order valence-corrected chi connectivity index (χ4v) is 0.571. The van der Waals surface area contributed by atoms with Crippen LogP contribution >= 0.6 is 23.2 Å². The molecular weight excluding hydrogens is 163 g/mol. The monoisotopic (exact) mass is 170 g/mol. The lowest BCUT2D eigenvalue weighted by Crippen LogP contribution is -1.98. The van der Waals surface area contributed by atoms with Crippen molar-refractivity contribution >= 4 is 23.2 Å². The molecule has 0 aliphatic carbocycles. The van der Waals surface area contributed by atoms with Crippen molar-refractivity contribution < 1.29 is 10.2 Å². The Morgan fingerprint density at radius 2 is 2.00 bits per heavy atom. The predicted molar refractivity (Wildman–Crippen MR) is 38.1 cm³/mol. The molecule has 0 amide bonds. The van der Waals surface area contributed by atoms with Gasteiger partial charge in [0.25, 0.3) is 5.95 Å². The zero-order valence-corrected chi connectivity index (χ0v) is 6.45. The van der Waals surface area contributed by atoms with E-state index in [9.17, 15) is 0 Å². The SMILES string of the molecule is CCC(Cl)C(Cl)=C(O)O. The van der Waals surface area contributed by atoms with Crippen molar-refractivity contribution in [1.82, 2.24) is 0 Å². The smallest absolute Gasteiger partial charge is 0.290 e. The van der Waals surface area contributed by atoms with E-state index in [2.05, 4.69) is 0 Å². The molecule has 0 spiro atoms. The van der Waals surface area contributed by atoms with Gasteiger partial charge in [0.15, 0.2) is 0 Å². The van der Waals surface area contributed by atoms with E-state index < -0.39 is 11.3 Å².